The summed E-state index contributed by atoms with van der Waals surface area (Å²) in [5, 5.41) is 13.5. The first-order valence-corrected chi connectivity index (χ1v) is 6.88. The van der Waals surface area contributed by atoms with Crippen LogP contribution in [0, 0.1) is 0 Å². The lowest BCUT2D eigenvalue weighted by atomic mass is 10.1. The molecule has 1 aliphatic heterocycles. The zero-order valence-electron chi connectivity index (χ0n) is 11.6. The number of aliphatic hydroxyl groups excluding tert-OH is 1. The highest BCUT2D eigenvalue weighted by Crippen LogP contribution is 2.16. The summed E-state index contributed by atoms with van der Waals surface area (Å²) < 4.78 is 5.24. The van der Waals surface area contributed by atoms with Crippen LogP contribution in [-0.2, 0) is 11.3 Å². The smallest absolute Gasteiger partial charge is 0.410 e. The lowest BCUT2D eigenvalue weighted by Gasteiger charge is -2.22. The quantitative estimate of drug-likeness (QED) is 0.526. The summed E-state index contributed by atoms with van der Waals surface area (Å²) >= 11 is 0. The third-order valence-electron chi connectivity index (χ3n) is 3.44. The Morgan fingerprint density at radius 1 is 1.48 bits per heavy atom. The maximum atomic E-state index is 12.0. The molecule has 1 N–H and O–H groups in total. The lowest BCUT2D eigenvalue weighted by Crippen LogP contribution is -2.39. The van der Waals surface area contributed by atoms with Crippen molar-refractivity contribution in [3.8, 4) is 0 Å². The first kappa shape index (κ1) is 15.2. The summed E-state index contributed by atoms with van der Waals surface area (Å²) in [4.78, 5) is 16.2. The summed E-state index contributed by atoms with van der Waals surface area (Å²) in [5.74, 6) is 0. The van der Waals surface area contributed by atoms with Crippen LogP contribution < -0.4 is 0 Å². The van der Waals surface area contributed by atoms with Gasteiger partial charge in [-0.2, -0.15) is 0 Å². The number of hydrogen-bond acceptors (Lipinski definition) is 4. The van der Waals surface area contributed by atoms with E-state index < -0.39 is 18.2 Å². The van der Waals surface area contributed by atoms with Crippen molar-refractivity contribution in [1.29, 1.82) is 0 Å². The summed E-state index contributed by atoms with van der Waals surface area (Å²) in [6.45, 7) is 0.811. The van der Waals surface area contributed by atoms with Crippen molar-refractivity contribution in [1.82, 2.24) is 4.90 Å². The Bertz CT molecular complexity index is 516. The van der Waals surface area contributed by atoms with Gasteiger partial charge in [0.1, 0.15) is 6.61 Å². The second kappa shape index (κ2) is 7.52. The Morgan fingerprint density at radius 2 is 2.24 bits per heavy atom. The molecule has 0 radical (unpaired) electrons. The molecule has 0 spiro atoms. The van der Waals surface area contributed by atoms with E-state index in [2.05, 4.69) is 10.0 Å². The van der Waals surface area contributed by atoms with Crippen molar-refractivity contribution in [3.63, 3.8) is 0 Å². The maximum absolute atomic E-state index is 12.0. The van der Waals surface area contributed by atoms with Gasteiger partial charge in [0.2, 0.25) is 0 Å². The number of nitrogens with zero attached hydrogens (tertiary/aromatic N) is 4. The SMILES string of the molecule is [N-]=[N+]=N[C@H]1CCCN(C(=O)OCc2ccccc2)C[C@H]1O. The fraction of sp³-hybridized carbons (Fsp3) is 0.500. The summed E-state index contributed by atoms with van der Waals surface area (Å²) in [5.41, 5.74) is 9.37. The van der Waals surface area contributed by atoms with Gasteiger partial charge >= 0.3 is 6.09 Å². The van der Waals surface area contributed by atoms with Gasteiger partial charge in [-0.05, 0) is 23.9 Å². The van der Waals surface area contributed by atoms with Crippen molar-refractivity contribution < 1.29 is 14.6 Å². The molecule has 2 atom stereocenters. The van der Waals surface area contributed by atoms with Gasteiger partial charge in [0, 0.05) is 11.5 Å². The lowest BCUT2D eigenvalue weighted by molar-refractivity contribution is 0.0702. The molecule has 1 saturated heterocycles. The highest BCUT2D eigenvalue weighted by molar-refractivity contribution is 5.67. The minimum absolute atomic E-state index is 0.122. The Hall–Kier alpha value is -2.24. The molecule has 7 heteroatoms. The van der Waals surface area contributed by atoms with Crippen LogP contribution in [0.4, 0.5) is 4.79 Å². The van der Waals surface area contributed by atoms with E-state index in [4.69, 9.17) is 10.3 Å². The van der Waals surface area contributed by atoms with E-state index in [0.29, 0.717) is 19.4 Å². The normalized spacial score (nSPS) is 22.0. The number of benzene rings is 1. The van der Waals surface area contributed by atoms with Crippen molar-refractivity contribution in [2.45, 2.75) is 31.6 Å². The van der Waals surface area contributed by atoms with E-state index in [9.17, 15) is 9.90 Å². The molecule has 7 nitrogen and oxygen atoms in total. The number of azide groups is 1. The van der Waals surface area contributed by atoms with Crippen LogP contribution in [0.2, 0.25) is 0 Å². The second-order valence-electron chi connectivity index (χ2n) is 4.97. The van der Waals surface area contributed by atoms with E-state index >= 15 is 0 Å². The van der Waals surface area contributed by atoms with Gasteiger partial charge in [-0.1, -0.05) is 35.4 Å². The minimum Gasteiger partial charge on any atom is -0.445 e. The number of hydrogen-bond donors (Lipinski definition) is 1. The third-order valence-corrected chi connectivity index (χ3v) is 3.44. The number of likely N-dealkylation sites (tertiary alicyclic amines) is 1. The van der Waals surface area contributed by atoms with E-state index in [1.54, 1.807) is 0 Å². The van der Waals surface area contributed by atoms with Crippen LogP contribution in [0.1, 0.15) is 18.4 Å². The fourth-order valence-electron chi connectivity index (χ4n) is 2.30. The molecule has 21 heavy (non-hydrogen) atoms. The van der Waals surface area contributed by atoms with Crippen molar-refractivity contribution >= 4 is 6.09 Å². The molecule has 112 valence electrons. The molecule has 0 unspecified atom stereocenters. The first-order valence-electron chi connectivity index (χ1n) is 6.88. The highest BCUT2D eigenvalue weighted by atomic mass is 16.6. The van der Waals surface area contributed by atoms with Crippen LogP contribution >= 0.6 is 0 Å². The van der Waals surface area contributed by atoms with E-state index in [1.807, 2.05) is 30.3 Å². The van der Waals surface area contributed by atoms with E-state index in [0.717, 1.165) is 5.56 Å². The molecule has 1 aromatic rings. The molecule has 1 aliphatic rings. The number of rotatable bonds is 3. The number of aliphatic hydroxyl groups is 1. The molecule has 1 amide bonds. The monoisotopic (exact) mass is 290 g/mol. The second-order valence-corrected chi connectivity index (χ2v) is 4.97. The van der Waals surface area contributed by atoms with Gasteiger partial charge in [0.25, 0.3) is 0 Å². The molecule has 0 aromatic heterocycles. The zero-order chi connectivity index (χ0) is 15.1. The number of β-amino-alcohol motifs (C(OH)–C–C–N with tert-alkyl or cyclic N) is 1. The average Bonchev–Trinajstić information content (AvgIpc) is 2.69. The minimum atomic E-state index is -0.854. The number of amides is 1. The highest BCUT2D eigenvalue weighted by Gasteiger charge is 2.27. The molecule has 0 bridgehead atoms. The number of carbonyl (C=O) groups is 1. The molecule has 2 rings (SSSR count). The Labute approximate surface area is 122 Å². The van der Waals surface area contributed by atoms with Gasteiger partial charge in [0.15, 0.2) is 0 Å². The molecular formula is C14H18N4O3. The van der Waals surface area contributed by atoms with E-state index in [-0.39, 0.29) is 13.2 Å². The molecule has 0 aliphatic carbocycles. The molecule has 1 heterocycles. The van der Waals surface area contributed by atoms with Crippen LogP contribution in [-0.4, -0.2) is 41.3 Å². The van der Waals surface area contributed by atoms with E-state index in [1.165, 1.54) is 4.90 Å². The maximum Gasteiger partial charge on any atom is 0.410 e. The van der Waals surface area contributed by atoms with Gasteiger partial charge in [-0.3, -0.25) is 0 Å². The molecule has 1 fully saturated rings. The fourth-order valence-corrected chi connectivity index (χ4v) is 2.30. The third kappa shape index (κ3) is 4.37. The average molecular weight is 290 g/mol. The van der Waals surface area contributed by atoms with Gasteiger partial charge in [-0.15, -0.1) is 0 Å². The first-order chi connectivity index (χ1) is 10.2. The van der Waals surface area contributed by atoms with Gasteiger partial charge in [0.05, 0.1) is 18.7 Å². The van der Waals surface area contributed by atoms with Crippen molar-refractivity contribution in [2.75, 3.05) is 13.1 Å². The Balaban J connectivity index is 1.89. The summed E-state index contributed by atoms with van der Waals surface area (Å²) in [7, 11) is 0. The van der Waals surface area contributed by atoms with Crippen LogP contribution in [0.3, 0.4) is 0 Å². The standard InChI is InChI=1S/C14H18N4O3/c15-17-16-12-7-4-8-18(9-13(12)19)14(20)21-10-11-5-2-1-3-6-11/h1-3,5-6,12-13,19H,4,7-10H2/t12-,13+/m0/s1. The van der Waals surface area contributed by atoms with Crippen molar-refractivity contribution in [3.05, 3.63) is 46.3 Å². The van der Waals surface area contributed by atoms with Crippen LogP contribution in [0.25, 0.3) is 10.4 Å². The number of ether oxygens (including phenoxy) is 1. The van der Waals surface area contributed by atoms with Crippen LogP contribution in [0.5, 0.6) is 0 Å². The predicted octanol–water partition coefficient (Wildman–Crippen LogP) is 2.46. The van der Waals surface area contributed by atoms with Crippen molar-refractivity contribution in [2.24, 2.45) is 5.11 Å². The Kier molecular flexibility index (Phi) is 5.43. The summed E-state index contributed by atoms with van der Waals surface area (Å²) in [6, 6.07) is 8.92. The summed E-state index contributed by atoms with van der Waals surface area (Å²) in [6.07, 6.45) is -0.0818. The molecular weight excluding hydrogens is 272 g/mol. The molecule has 1 aromatic carbocycles. The predicted molar refractivity (Wildman–Crippen MR) is 76.4 cm³/mol. The Morgan fingerprint density at radius 3 is 2.95 bits per heavy atom. The van der Waals surface area contributed by atoms with Gasteiger partial charge in [-0.25, -0.2) is 4.79 Å². The number of carbonyl (C=O) groups excluding carboxylic acids is 1. The van der Waals surface area contributed by atoms with Gasteiger partial charge < -0.3 is 14.7 Å². The largest absolute Gasteiger partial charge is 0.445 e. The molecule has 0 saturated carbocycles. The van der Waals surface area contributed by atoms with Crippen LogP contribution in [0.15, 0.2) is 35.4 Å². The topological polar surface area (TPSA) is 98.5 Å². The zero-order valence-corrected chi connectivity index (χ0v) is 11.6.